The molecular formula is C21H29NO3Si. The molecule has 0 amide bonds. The van der Waals surface area contributed by atoms with E-state index in [9.17, 15) is 4.79 Å². The Hall–Kier alpha value is -2.11. The van der Waals surface area contributed by atoms with E-state index in [-0.39, 0.29) is 18.4 Å². The van der Waals surface area contributed by atoms with Gasteiger partial charge in [-0.3, -0.25) is 9.86 Å². The van der Waals surface area contributed by atoms with Crippen LogP contribution in [0.4, 0.5) is 5.69 Å². The van der Waals surface area contributed by atoms with Crippen LogP contribution >= 0.6 is 0 Å². The van der Waals surface area contributed by atoms with Gasteiger partial charge >= 0.3 is 5.97 Å². The monoisotopic (exact) mass is 371 g/mol. The van der Waals surface area contributed by atoms with Crippen molar-refractivity contribution >= 4 is 20.0 Å². The summed E-state index contributed by atoms with van der Waals surface area (Å²) in [5, 5.41) is 1.90. The average Bonchev–Trinajstić information content (AvgIpc) is 2.59. The average molecular weight is 372 g/mol. The number of hydroxylamine groups is 1. The Labute approximate surface area is 157 Å². The number of carbonyl (C=O) groups excluding carboxylic acids is 1. The molecule has 0 radical (unpaired) electrons. The number of rotatable bonds is 8. The second kappa shape index (κ2) is 9.01. The first-order valence-electron chi connectivity index (χ1n) is 9.06. The summed E-state index contributed by atoms with van der Waals surface area (Å²) >= 11 is 0. The van der Waals surface area contributed by atoms with Crippen molar-refractivity contribution in [2.75, 3.05) is 11.7 Å². The zero-order valence-electron chi connectivity index (χ0n) is 16.4. The number of benzene rings is 2. The van der Waals surface area contributed by atoms with Crippen LogP contribution in [0, 0.1) is 6.92 Å². The van der Waals surface area contributed by atoms with Crippen molar-refractivity contribution in [3.05, 3.63) is 65.7 Å². The van der Waals surface area contributed by atoms with Gasteiger partial charge in [0, 0.05) is 0 Å². The molecule has 0 bridgehead atoms. The molecule has 2 aromatic rings. The van der Waals surface area contributed by atoms with E-state index in [2.05, 4.69) is 50.8 Å². The summed E-state index contributed by atoms with van der Waals surface area (Å²) in [4.78, 5) is 12.3. The Morgan fingerprint density at radius 1 is 1.04 bits per heavy atom. The molecule has 0 spiro atoms. The maximum Gasteiger partial charge on any atom is 0.308 e. The van der Waals surface area contributed by atoms with E-state index >= 15 is 0 Å². The van der Waals surface area contributed by atoms with Crippen molar-refractivity contribution in [1.29, 1.82) is 0 Å². The van der Waals surface area contributed by atoms with E-state index in [0.717, 1.165) is 11.3 Å². The van der Waals surface area contributed by atoms with E-state index in [4.69, 9.17) is 9.26 Å². The van der Waals surface area contributed by atoms with E-state index in [0.29, 0.717) is 6.61 Å². The fourth-order valence-electron chi connectivity index (χ4n) is 2.67. The molecule has 0 fully saturated rings. The Bertz CT molecular complexity index is 695. The van der Waals surface area contributed by atoms with E-state index < -0.39 is 8.32 Å². The van der Waals surface area contributed by atoms with Gasteiger partial charge in [-0.1, -0.05) is 48.0 Å². The van der Waals surface area contributed by atoms with Gasteiger partial charge in [0.2, 0.25) is 8.32 Å². The molecule has 0 aromatic heterocycles. The second-order valence-electron chi connectivity index (χ2n) is 7.30. The Morgan fingerprint density at radius 2 is 1.65 bits per heavy atom. The molecule has 4 nitrogen and oxygen atoms in total. The third-order valence-electron chi connectivity index (χ3n) is 3.79. The lowest BCUT2D eigenvalue weighted by molar-refractivity contribution is -0.143. The van der Waals surface area contributed by atoms with E-state index in [1.807, 2.05) is 42.3 Å². The Balaban J connectivity index is 2.45. The predicted octanol–water partition coefficient (Wildman–Crippen LogP) is 5.26. The van der Waals surface area contributed by atoms with Crippen LogP contribution in [0.1, 0.15) is 30.5 Å². The number of nitrogens with zero attached hydrogens (tertiary/aromatic N) is 1. The molecule has 0 N–H and O–H groups in total. The fraction of sp³-hybridized carbons (Fsp3) is 0.381. The summed E-state index contributed by atoms with van der Waals surface area (Å²) in [6.45, 7) is 10.7. The van der Waals surface area contributed by atoms with Gasteiger partial charge in [-0.05, 0) is 51.2 Å². The number of ether oxygens (including phenoxy) is 1. The van der Waals surface area contributed by atoms with Crippen LogP contribution in [0.25, 0.3) is 0 Å². The molecule has 1 unspecified atom stereocenters. The number of esters is 1. The molecule has 5 heteroatoms. The molecular weight excluding hydrogens is 342 g/mol. The highest BCUT2D eigenvalue weighted by Crippen LogP contribution is 2.32. The van der Waals surface area contributed by atoms with Crippen molar-refractivity contribution < 1.29 is 14.1 Å². The zero-order valence-corrected chi connectivity index (χ0v) is 17.4. The fourth-order valence-corrected chi connectivity index (χ4v) is 3.49. The summed E-state index contributed by atoms with van der Waals surface area (Å²) in [5.74, 6) is -0.224. The highest BCUT2D eigenvalue weighted by atomic mass is 28.4. The quantitative estimate of drug-likeness (QED) is 0.360. The van der Waals surface area contributed by atoms with Gasteiger partial charge < -0.3 is 9.26 Å². The third-order valence-corrected chi connectivity index (χ3v) is 4.54. The number of hydrogen-bond acceptors (Lipinski definition) is 4. The molecule has 0 saturated heterocycles. The highest BCUT2D eigenvalue weighted by Gasteiger charge is 2.30. The van der Waals surface area contributed by atoms with Crippen LogP contribution in [0.3, 0.4) is 0 Å². The molecule has 1 atom stereocenters. The molecule has 0 heterocycles. The first kappa shape index (κ1) is 20.2. The van der Waals surface area contributed by atoms with E-state index in [1.165, 1.54) is 5.56 Å². The van der Waals surface area contributed by atoms with Gasteiger partial charge in [0.1, 0.15) is 0 Å². The van der Waals surface area contributed by atoms with Crippen LogP contribution in [0.15, 0.2) is 54.6 Å². The summed E-state index contributed by atoms with van der Waals surface area (Å²) in [5.41, 5.74) is 3.15. The lowest BCUT2D eigenvalue weighted by Crippen LogP contribution is -2.40. The van der Waals surface area contributed by atoms with Gasteiger partial charge in [-0.15, -0.1) is 0 Å². The topological polar surface area (TPSA) is 38.8 Å². The lowest BCUT2D eigenvalue weighted by atomic mass is 10.0. The largest absolute Gasteiger partial charge is 0.466 e. The van der Waals surface area contributed by atoms with Crippen molar-refractivity contribution in [3.63, 3.8) is 0 Å². The smallest absolute Gasteiger partial charge is 0.308 e. The summed E-state index contributed by atoms with van der Waals surface area (Å²) in [7, 11) is -1.91. The summed E-state index contributed by atoms with van der Waals surface area (Å²) in [6.07, 6.45) is 0.232. The van der Waals surface area contributed by atoms with Crippen molar-refractivity contribution in [1.82, 2.24) is 0 Å². The molecule has 26 heavy (non-hydrogen) atoms. The minimum atomic E-state index is -1.91. The number of para-hydroxylation sites is 1. The molecule has 0 saturated carbocycles. The van der Waals surface area contributed by atoms with Crippen LogP contribution in [-0.2, 0) is 14.1 Å². The van der Waals surface area contributed by atoms with Crippen molar-refractivity contribution in [2.45, 2.75) is 46.0 Å². The summed E-state index contributed by atoms with van der Waals surface area (Å²) < 4.78 is 11.6. The number of anilines is 1. The standard InChI is InChI=1S/C21H29NO3Si/c1-6-24-21(23)16-20(18-14-12-17(2)13-15-18)22(25-26(3,4)5)19-10-8-7-9-11-19/h7-15,20H,6,16H2,1-5H3. The first-order valence-corrected chi connectivity index (χ1v) is 12.5. The van der Waals surface area contributed by atoms with Gasteiger partial charge in [-0.2, -0.15) is 0 Å². The van der Waals surface area contributed by atoms with Gasteiger partial charge in [0.25, 0.3) is 0 Å². The minimum absolute atomic E-state index is 0.224. The normalized spacial score (nSPS) is 12.5. The summed E-state index contributed by atoms with van der Waals surface area (Å²) in [6, 6.07) is 17.9. The second-order valence-corrected chi connectivity index (χ2v) is 11.7. The van der Waals surface area contributed by atoms with Gasteiger partial charge in [0.05, 0.1) is 24.8 Å². The number of hydrogen-bond donors (Lipinski definition) is 0. The highest BCUT2D eigenvalue weighted by molar-refractivity contribution is 6.69. The molecule has 140 valence electrons. The van der Waals surface area contributed by atoms with Gasteiger partial charge in [-0.25, -0.2) is 0 Å². The molecule has 2 aromatic carbocycles. The Morgan fingerprint density at radius 3 is 2.19 bits per heavy atom. The van der Waals surface area contributed by atoms with Crippen molar-refractivity contribution in [3.8, 4) is 0 Å². The predicted molar refractivity (Wildman–Crippen MR) is 109 cm³/mol. The van der Waals surface area contributed by atoms with Crippen LogP contribution < -0.4 is 5.06 Å². The third kappa shape index (κ3) is 6.00. The van der Waals surface area contributed by atoms with Crippen LogP contribution in [0.2, 0.25) is 19.6 Å². The molecule has 0 aliphatic heterocycles. The lowest BCUT2D eigenvalue weighted by Gasteiger charge is -2.37. The molecule has 2 rings (SSSR count). The Kier molecular flexibility index (Phi) is 7.00. The van der Waals surface area contributed by atoms with Crippen LogP contribution in [-0.4, -0.2) is 20.9 Å². The first-order chi connectivity index (χ1) is 12.3. The van der Waals surface area contributed by atoms with E-state index in [1.54, 1.807) is 0 Å². The maximum atomic E-state index is 12.3. The SMILES string of the molecule is CCOC(=O)CC(c1ccc(C)cc1)N(O[Si](C)(C)C)c1ccccc1. The zero-order chi connectivity index (χ0) is 19.2. The molecule has 0 aliphatic rings. The molecule has 0 aliphatic carbocycles. The number of carbonyl (C=O) groups is 1. The maximum absolute atomic E-state index is 12.3. The van der Waals surface area contributed by atoms with Crippen LogP contribution in [0.5, 0.6) is 0 Å². The van der Waals surface area contributed by atoms with Crippen molar-refractivity contribution in [2.24, 2.45) is 0 Å². The minimum Gasteiger partial charge on any atom is -0.466 e. The number of aryl methyl sites for hydroxylation is 1. The van der Waals surface area contributed by atoms with Gasteiger partial charge in [0.15, 0.2) is 0 Å².